The number of carbonyl (C=O) groups excluding carboxylic acids is 1. The van der Waals surface area contributed by atoms with Crippen molar-refractivity contribution in [3.05, 3.63) is 41.2 Å². The van der Waals surface area contributed by atoms with Crippen LogP contribution < -0.4 is 20.7 Å². The van der Waals surface area contributed by atoms with Crippen LogP contribution >= 0.6 is 23.4 Å². The van der Waals surface area contributed by atoms with E-state index in [2.05, 4.69) is 30.9 Å². The number of hydrogen-bond acceptors (Lipinski definition) is 9. The van der Waals surface area contributed by atoms with Gasteiger partial charge in [-0.3, -0.25) is 15.1 Å². The number of carboxylic acid groups (broad SMARTS) is 1. The SMILES string of the molecule is COc1ccc2nccc(NC(=O)O)c2n1.O=C1CSc2cc(Cl)c(CN[C@H]3CCCC[C@@H]3O)nc2N1. The number of nitrogens with one attached hydrogen (secondary N) is 3. The first-order chi connectivity index (χ1) is 17.8. The molecule has 1 fully saturated rings. The van der Waals surface area contributed by atoms with E-state index in [0.717, 1.165) is 30.6 Å². The largest absolute Gasteiger partial charge is 0.481 e. The van der Waals surface area contributed by atoms with Crippen molar-refractivity contribution in [3.63, 3.8) is 0 Å². The van der Waals surface area contributed by atoms with Gasteiger partial charge >= 0.3 is 6.09 Å². The van der Waals surface area contributed by atoms with Crippen LogP contribution in [0, 0.1) is 0 Å². The van der Waals surface area contributed by atoms with Gasteiger partial charge in [-0.1, -0.05) is 24.4 Å². The van der Waals surface area contributed by atoms with Crippen molar-refractivity contribution in [2.24, 2.45) is 0 Å². The number of pyridine rings is 3. The van der Waals surface area contributed by atoms with Crippen molar-refractivity contribution < 1.29 is 24.5 Å². The number of aliphatic hydroxyl groups is 1. The number of anilines is 2. The highest BCUT2D eigenvalue weighted by atomic mass is 35.5. The summed E-state index contributed by atoms with van der Waals surface area (Å²) in [7, 11) is 1.49. The molecule has 3 aromatic rings. The maximum atomic E-state index is 11.4. The van der Waals surface area contributed by atoms with E-state index in [1.807, 2.05) is 6.07 Å². The van der Waals surface area contributed by atoms with Crippen LogP contribution in [0.3, 0.4) is 0 Å². The van der Waals surface area contributed by atoms with Gasteiger partial charge in [0.15, 0.2) is 0 Å². The molecular formula is C24H27ClN6O5S. The van der Waals surface area contributed by atoms with Crippen molar-refractivity contribution in [3.8, 4) is 5.88 Å². The summed E-state index contributed by atoms with van der Waals surface area (Å²) in [5, 5.41) is 27.6. The summed E-state index contributed by atoms with van der Waals surface area (Å²) in [4.78, 5) is 35.6. The molecule has 196 valence electrons. The molecule has 0 radical (unpaired) electrons. The number of ether oxygens (including phenoxy) is 1. The van der Waals surface area contributed by atoms with E-state index in [9.17, 15) is 14.7 Å². The Bertz CT molecular complexity index is 1300. The fraction of sp³-hybridized carbons (Fsp3) is 0.375. The van der Waals surface area contributed by atoms with Gasteiger partial charge in [0.25, 0.3) is 0 Å². The number of rotatable bonds is 5. The maximum Gasteiger partial charge on any atom is 0.409 e. The Morgan fingerprint density at radius 2 is 2.08 bits per heavy atom. The van der Waals surface area contributed by atoms with Crippen LogP contribution in [-0.2, 0) is 11.3 Å². The fourth-order valence-electron chi connectivity index (χ4n) is 4.06. The second kappa shape index (κ2) is 12.4. The van der Waals surface area contributed by atoms with E-state index in [1.165, 1.54) is 25.1 Å². The molecule has 4 heterocycles. The van der Waals surface area contributed by atoms with E-state index in [-0.39, 0.29) is 18.1 Å². The van der Waals surface area contributed by atoms with Gasteiger partial charge in [0.05, 0.1) is 45.8 Å². The molecule has 0 unspecified atom stereocenters. The van der Waals surface area contributed by atoms with Crippen molar-refractivity contribution in [2.75, 3.05) is 23.5 Å². The average Bonchev–Trinajstić information content (AvgIpc) is 2.88. The molecule has 3 aromatic heterocycles. The normalized spacial score (nSPS) is 18.7. The zero-order chi connectivity index (χ0) is 26.4. The van der Waals surface area contributed by atoms with E-state index in [0.29, 0.717) is 51.4 Å². The van der Waals surface area contributed by atoms with Crippen LogP contribution in [0.4, 0.5) is 16.3 Å². The average molecular weight is 547 g/mol. The van der Waals surface area contributed by atoms with Crippen LogP contribution in [0.1, 0.15) is 31.4 Å². The predicted octanol–water partition coefficient (Wildman–Crippen LogP) is 3.90. The molecule has 13 heteroatoms. The Morgan fingerprint density at radius 1 is 1.27 bits per heavy atom. The third-order valence-corrected chi connectivity index (χ3v) is 7.26. The van der Waals surface area contributed by atoms with E-state index >= 15 is 0 Å². The van der Waals surface area contributed by atoms with Gasteiger partial charge in [-0.05, 0) is 31.0 Å². The molecule has 0 bridgehead atoms. The predicted molar refractivity (Wildman–Crippen MR) is 141 cm³/mol. The zero-order valence-electron chi connectivity index (χ0n) is 20.0. The minimum absolute atomic E-state index is 0.0380. The molecule has 1 saturated carbocycles. The summed E-state index contributed by atoms with van der Waals surface area (Å²) in [6.07, 6.45) is 4.10. The maximum absolute atomic E-state index is 11.4. The number of halogens is 1. The third kappa shape index (κ3) is 6.98. The zero-order valence-corrected chi connectivity index (χ0v) is 21.6. The number of thioether (sulfide) groups is 1. The Labute approximate surface area is 222 Å². The summed E-state index contributed by atoms with van der Waals surface area (Å²) in [5.41, 5.74) is 2.16. The van der Waals surface area contributed by atoms with Crippen molar-refractivity contribution in [2.45, 2.75) is 49.3 Å². The molecule has 5 rings (SSSR count). The smallest absolute Gasteiger partial charge is 0.409 e. The lowest BCUT2D eigenvalue weighted by Gasteiger charge is -2.28. The number of hydrogen-bond donors (Lipinski definition) is 5. The van der Waals surface area contributed by atoms with Gasteiger partial charge in [0, 0.05) is 24.8 Å². The molecular weight excluding hydrogens is 520 g/mol. The molecule has 0 aromatic carbocycles. The van der Waals surface area contributed by atoms with E-state index in [4.69, 9.17) is 21.4 Å². The number of carbonyl (C=O) groups is 2. The number of aromatic nitrogens is 3. The second-order valence-electron chi connectivity index (χ2n) is 8.45. The molecule has 1 aliphatic carbocycles. The first-order valence-corrected chi connectivity index (χ1v) is 13.0. The van der Waals surface area contributed by atoms with Gasteiger partial charge < -0.3 is 25.6 Å². The van der Waals surface area contributed by atoms with Gasteiger partial charge in [0.2, 0.25) is 11.8 Å². The molecule has 5 N–H and O–H groups in total. The minimum atomic E-state index is -1.14. The lowest BCUT2D eigenvalue weighted by Crippen LogP contribution is -2.41. The third-order valence-electron chi connectivity index (χ3n) is 5.90. The molecule has 1 aliphatic heterocycles. The minimum Gasteiger partial charge on any atom is -0.481 e. The van der Waals surface area contributed by atoms with Crippen molar-refractivity contribution in [1.29, 1.82) is 0 Å². The summed E-state index contributed by atoms with van der Waals surface area (Å²) < 4.78 is 4.97. The highest BCUT2D eigenvalue weighted by molar-refractivity contribution is 8.00. The molecule has 0 saturated heterocycles. The summed E-state index contributed by atoms with van der Waals surface area (Å²) in [6, 6.07) is 6.87. The van der Waals surface area contributed by atoms with Crippen LogP contribution in [0.25, 0.3) is 11.0 Å². The highest BCUT2D eigenvalue weighted by Crippen LogP contribution is 2.33. The molecule has 0 spiro atoms. The number of methoxy groups -OCH3 is 1. The van der Waals surface area contributed by atoms with Gasteiger partial charge in [-0.2, -0.15) is 0 Å². The Morgan fingerprint density at radius 3 is 2.84 bits per heavy atom. The van der Waals surface area contributed by atoms with Gasteiger partial charge in [-0.15, -0.1) is 11.8 Å². The molecule has 37 heavy (non-hydrogen) atoms. The van der Waals surface area contributed by atoms with E-state index in [1.54, 1.807) is 18.2 Å². The highest BCUT2D eigenvalue weighted by Gasteiger charge is 2.24. The first kappa shape index (κ1) is 26.9. The Hall–Kier alpha value is -3.19. The van der Waals surface area contributed by atoms with Crippen molar-refractivity contribution >= 4 is 57.9 Å². The summed E-state index contributed by atoms with van der Waals surface area (Å²) in [6.45, 7) is 0.494. The lowest BCUT2D eigenvalue weighted by molar-refractivity contribution is -0.113. The number of amides is 2. The Balaban J connectivity index is 0.000000180. The standard InChI is InChI=1S/C14H18ClN3O2S.C10H9N3O3/c15-8-5-12-14(18-13(20)7-21-12)17-10(8)6-16-9-3-1-2-4-11(9)19;1-16-8-3-2-6-9(13-8)7(4-5-11-6)12-10(14)15/h5,9,11,16,19H,1-4,6-7H2,(H,17,18,20);2-5H,1H3,(H,11,12)(H,14,15)/t9-,11-;/m0./s1. The molecule has 2 amide bonds. The number of nitrogens with zero attached hydrogens (tertiary/aromatic N) is 3. The van der Waals surface area contributed by atoms with Gasteiger partial charge in [-0.25, -0.2) is 14.8 Å². The molecule has 11 nitrogen and oxygen atoms in total. The topological polar surface area (TPSA) is 159 Å². The van der Waals surface area contributed by atoms with Crippen LogP contribution in [0.5, 0.6) is 5.88 Å². The van der Waals surface area contributed by atoms with E-state index < -0.39 is 6.09 Å². The van der Waals surface area contributed by atoms with Crippen molar-refractivity contribution in [1.82, 2.24) is 20.3 Å². The summed E-state index contributed by atoms with van der Waals surface area (Å²) >= 11 is 7.71. The number of aliphatic hydroxyl groups excluding tert-OH is 1. The molecule has 2 atom stereocenters. The quantitative estimate of drug-likeness (QED) is 0.317. The van der Waals surface area contributed by atoms with Crippen LogP contribution in [0.15, 0.2) is 35.4 Å². The first-order valence-electron chi connectivity index (χ1n) is 11.7. The van der Waals surface area contributed by atoms with Gasteiger partial charge in [0.1, 0.15) is 11.3 Å². The summed E-state index contributed by atoms with van der Waals surface area (Å²) in [5.74, 6) is 1.36. The monoisotopic (exact) mass is 546 g/mol. The Kier molecular flexibility index (Phi) is 8.98. The lowest BCUT2D eigenvalue weighted by atomic mass is 9.92. The molecule has 2 aliphatic rings. The fourth-order valence-corrected chi connectivity index (χ4v) is 5.14. The second-order valence-corrected chi connectivity index (χ2v) is 9.87. The van der Waals surface area contributed by atoms with Crippen LogP contribution in [-0.4, -0.2) is 62.2 Å². The number of fused-ring (bicyclic) bond motifs is 2. The van der Waals surface area contributed by atoms with Crippen LogP contribution in [0.2, 0.25) is 5.02 Å².